The van der Waals surface area contributed by atoms with Gasteiger partial charge in [0.25, 0.3) is 0 Å². The molecule has 0 fully saturated rings. The summed E-state index contributed by atoms with van der Waals surface area (Å²) >= 11 is 0.782. The Morgan fingerprint density at radius 1 is 1.26 bits per heavy atom. The van der Waals surface area contributed by atoms with Crippen molar-refractivity contribution in [1.29, 1.82) is 0 Å². The fraction of sp³-hybridized carbons (Fsp3) is 0.231. The maximum atomic E-state index is 12.9. The number of fused-ring (bicyclic) bond motifs is 1. The zero-order valence-electron chi connectivity index (χ0n) is 11.7. The molecule has 0 radical (unpaired) electrons. The van der Waals surface area contributed by atoms with Crippen LogP contribution in [-0.4, -0.2) is 27.2 Å². The number of hydrogen-bond acceptors (Lipinski definition) is 5. The van der Waals surface area contributed by atoms with Crippen LogP contribution in [0.2, 0.25) is 0 Å². The summed E-state index contributed by atoms with van der Waals surface area (Å²) in [4.78, 5) is 29.3. The lowest BCUT2D eigenvalue weighted by Crippen LogP contribution is -2.39. The van der Waals surface area contributed by atoms with Gasteiger partial charge in [-0.1, -0.05) is 30.0 Å². The van der Waals surface area contributed by atoms with E-state index >= 15 is 0 Å². The van der Waals surface area contributed by atoms with Crippen LogP contribution in [0.15, 0.2) is 29.3 Å². The van der Waals surface area contributed by atoms with Gasteiger partial charge in [0.2, 0.25) is 11.7 Å². The van der Waals surface area contributed by atoms with Gasteiger partial charge in [0.05, 0.1) is 10.8 Å². The molecule has 0 aliphatic carbocycles. The Kier molecular flexibility index (Phi) is 4.73. The van der Waals surface area contributed by atoms with Gasteiger partial charge in [-0.15, -0.1) is 0 Å². The second kappa shape index (κ2) is 6.41. The minimum absolute atomic E-state index is 0.00459. The number of nitrogens with one attached hydrogen (secondary N) is 1. The molecule has 6 nitrogen and oxygen atoms in total. The first-order valence-corrected chi connectivity index (χ1v) is 7.17. The normalized spacial score (nSPS) is 12.9. The fourth-order valence-electron chi connectivity index (χ4n) is 1.71. The Balaban J connectivity index is 2.42. The van der Waals surface area contributed by atoms with Gasteiger partial charge in [-0.25, -0.2) is 14.8 Å². The smallest absolute Gasteiger partial charge is 0.351 e. The van der Waals surface area contributed by atoms with Crippen LogP contribution in [0.25, 0.3) is 10.9 Å². The van der Waals surface area contributed by atoms with Crippen molar-refractivity contribution in [3.63, 3.8) is 0 Å². The molecule has 0 saturated carbocycles. The molecule has 1 aromatic heterocycles. The fourth-order valence-corrected chi connectivity index (χ4v) is 2.65. The lowest BCUT2D eigenvalue weighted by molar-refractivity contribution is -0.145. The van der Waals surface area contributed by atoms with Gasteiger partial charge >= 0.3 is 12.2 Å². The van der Waals surface area contributed by atoms with Gasteiger partial charge in [-0.05, 0) is 13.0 Å². The van der Waals surface area contributed by atoms with Crippen molar-refractivity contribution in [2.24, 2.45) is 5.73 Å². The monoisotopic (exact) mass is 344 g/mol. The van der Waals surface area contributed by atoms with Crippen molar-refractivity contribution < 1.29 is 22.8 Å². The average molecular weight is 344 g/mol. The number of halogens is 3. The predicted molar refractivity (Wildman–Crippen MR) is 77.6 cm³/mol. The highest BCUT2D eigenvalue weighted by Crippen LogP contribution is 2.33. The molecule has 0 spiro atoms. The standard InChI is InChI=1S/C13H11F3N4O2S/c1-6(9(21)19-12(17)22)23-10-7-4-2-3-5-8(7)18-11(20-10)13(14,15)16/h2-6H,1H3,(H3,17,19,21,22)/t6-/m0/s1. The number of imide groups is 1. The summed E-state index contributed by atoms with van der Waals surface area (Å²) in [7, 11) is 0. The number of nitrogens with two attached hydrogens (primary N) is 1. The van der Waals surface area contributed by atoms with Crippen LogP contribution in [0.3, 0.4) is 0 Å². The van der Waals surface area contributed by atoms with Gasteiger partial charge in [0.1, 0.15) is 5.03 Å². The number of amides is 3. The molecule has 2 aromatic rings. The van der Waals surface area contributed by atoms with E-state index in [4.69, 9.17) is 5.73 Å². The first-order valence-electron chi connectivity index (χ1n) is 6.29. The first kappa shape index (κ1) is 17.0. The molecule has 3 N–H and O–H groups in total. The molecule has 1 atom stereocenters. The Bertz CT molecular complexity index is 766. The van der Waals surface area contributed by atoms with Gasteiger partial charge in [0, 0.05) is 5.39 Å². The summed E-state index contributed by atoms with van der Waals surface area (Å²) in [5, 5.41) is 1.37. The summed E-state index contributed by atoms with van der Waals surface area (Å²) in [6, 6.07) is 5.11. The van der Waals surface area contributed by atoms with Crippen molar-refractivity contribution in [1.82, 2.24) is 15.3 Å². The van der Waals surface area contributed by atoms with Gasteiger partial charge in [-0.3, -0.25) is 10.1 Å². The van der Waals surface area contributed by atoms with E-state index in [0.717, 1.165) is 11.8 Å². The third kappa shape index (κ3) is 4.09. The van der Waals surface area contributed by atoms with E-state index in [-0.39, 0.29) is 10.5 Å². The van der Waals surface area contributed by atoms with Crippen molar-refractivity contribution >= 4 is 34.6 Å². The highest BCUT2D eigenvalue weighted by Gasteiger charge is 2.35. The predicted octanol–water partition coefficient (Wildman–Crippen LogP) is 2.32. The van der Waals surface area contributed by atoms with E-state index in [1.54, 1.807) is 18.2 Å². The molecule has 1 heterocycles. The van der Waals surface area contributed by atoms with E-state index in [0.29, 0.717) is 5.39 Å². The van der Waals surface area contributed by atoms with Crippen LogP contribution in [0.1, 0.15) is 12.7 Å². The molecular weight excluding hydrogens is 333 g/mol. The van der Waals surface area contributed by atoms with E-state index < -0.39 is 29.2 Å². The van der Waals surface area contributed by atoms with Gasteiger partial charge in [0.15, 0.2) is 0 Å². The lowest BCUT2D eigenvalue weighted by Gasteiger charge is -2.13. The van der Waals surface area contributed by atoms with E-state index in [1.165, 1.54) is 13.0 Å². The number of rotatable bonds is 3. The summed E-state index contributed by atoms with van der Waals surface area (Å²) < 4.78 is 38.7. The summed E-state index contributed by atoms with van der Waals surface area (Å²) in [5.41, 5.74) is 4.95. The molecule has 2 rings (SSSR count). The van der Waals surface area contributed by atoms with Crippen LogP contribution >= 0.6 is 11.8 Å². The number of para-hydroxylation sites is 1. The second-order valence-electron chi connectivity index (χ2n) is 4.48. The lowest BCUT2D eigenvalue weighted by atomic mass is 10.2. The molecule has 10 heteroatoms. The number of aromatic nitrogens is 2. The minimum atomic E-state index is -4.71. The topological polar surface area (TPSA) is 98.0 Å². The molecule has 23 heavy (non-hydrogen) atoms. The zero-order valence-corrected chi connectivity index (χ0v) is 12.5. The number of nitrogens with zero attached hydrogens (tertiary/aromatic N) is 2. The zero-order chi connectivity index (χ0) is 17.2. The number of thioether (sulfide) groups is 1. The third-order valence-electron chi connectivity index (χ3n) is 2.73. The van der Waals surface area contributed by atoms with Crippen molar-refractivity contribution in [3.05, 3.63) is 30.1 Å². The first-order chi connectivity index (χ1) is 10.7. The third-order valence-corrected chi connectivity index (χ3v) is 3.83. The molecular formula is C13H11F3N4O2S. The SMILES string of the molecule is C[C@H](Sc1nc(C(F)(F)F)nc2ccccc12)C(=O)NC(N)=O. The highest BCUT2D eigenvalue weighted by molar-refractivity contribution is 8.00. The number of hydrogen-bond donors (Lipinski definition) is 2. The van der Waals surface area contributed by atoms with Crippen LogP contribution in [0.5, 0.6) is 0 Å². The quantitative estimate of drug-likeness (QED) is 0.658. The number of urea groups is 1. The number of carbonyl (C=O) groups is 2. The number of carbonyl (C=O) groups excluding carboxylic acids is 2. The van der Waals surface area contributed by atoms with Crippen molar-refractivity contribution in [2.45, 2.75) is 23.4 Å². The maximum absolute atomic E-state index is 12.9. The van der Waals surface area contributed by atoms with Crippen LogP contribution < -0.4 is 11.1 Å². The van der Waals surface area contributed by atoms with Gasteiger partial charge < -0.3 is 5.73 Å². The molecule has 1 aromatic carbocycles. The highest BCUT2D eigenvalue weighted by atomic mass is 32.2. The Morgan fingerprint density at radius 2 is 1.91 bits per heavy atom. The Hall–Kier alpha value is -2.36. The Labute approximate surface area is 132 Å². The summed E-state index contributed by atoms with van der Waals surface area (Å²) in [6.07, 6.45) is -4.71. The van der Waals surface area contributed by atoms with Crippen LogP contribution in [0.4, 0.5) is 18.0 Å². The molecule has 0 saturated heterocycles. The summed E-state index contributed by atoms with van der Waals surface area (Å²) in [5.74, 6) is -2.01. The van der Waals surface area contributed by atoms with Gasteiger partial charge in [-0.2, -0.15) is 13.2 Å². The number of alkyl halides is 3. The molecule has 122 valence electrons. The van der Waals surface area contributed by atoms with E-state index in [2.05, 4.69) is 9.97 Å². The van der Waals surface area contributed by atoms with Crippen molar-refractivity contribution in [3.8, 4) is 0 Å². The number of primary amides is 1. The maximum Gasteiger partial charge on any atom is 0.451 e. The second-order valence-corrected chi connectivity index (χ2v) is 5.81. The summed E-state index contributed by atoms with van der Waals surface area (Å²) in [6.45, 7) is 1.42. The van der Waals surface area contributed by atoms with E-state index in [9.17, 15) is 22.8 Å². The molecule has 0 aliphatic heterocycles. The molecule has 0 unspecified atom stereocenters. The largest absolute Gasteiger partial charge is 0.451 e. The van der Waals surface area contributed by atoms with Crippen LogP contribution in [0, 0.1) is 0 Å². The molecule has 0 bridgehead atoms. The molecule has 0 aliphatic rings. The average Bonchev–Trinajstić information content (AvgIpc) is 2.45. The Morgan fingerprint density at radius 3 is 2.52 bits per heavy atom. The van der Waals surface area contributed by atoms with Crippen molar-refractivity contribution in [2.75, 3.05) is 0 Å². The minimum Gasteiger partial charge on any atom is -0.351 e. The van der Waals surface area contributed by atoms with Crippen LogP contribution in [-0.2, 0) is 11.0 Å². The molecule has 3 amide bonds. The van der Waals surface area contributed by atoms with E-state index in [1.807, 2.05) is 5.32 Å². The number of benzene rings is 1.